The van der Waals surface area contributed by atoms with E-state index in [1.807, 2.05) is 0 Å². The van der Waals surface area contributed by atoms with E-state index >= 15 is 0 Å². The standard InChI is InChI=1S/C12H17F2N5O/c1-8(20)18-3-2-4-19(6-5-18)12-10(14)7-9(13)11(16-12)17-15/h7H,2-6,15H2,1H3,(H,16,17). The van der Waals surface area contributed by atoms with Crippen LogP contribution in [0.25, 0.3) is 0 Å². The number of carbonyl (C=O) groups is 1. The molecule has 8 heteroatoms. The topological polar surface area (TPSA) is 74.5 Å². The third-order valence-corrected chi connectivity index (χ3v) is 3.29. The fraction of sp³-hybridized carbons (Fsp3) is 0.500. The molecule has 0 spiro atoms. The maximum absolute atomic E-state index is 13.8. The predicted octanol–water partition coefficient (Wildman–Crippen LogP) is 0.704. The summed E-state index contributed by atoms with van der Waals surface area (Å²) < 4.78 is 27.2. The minimum atomic E-state index is -0.839. The first-order valence-electron chi connectivity index (χ1n) is 6.36. The molecule has 1 amide bonds. The lowest BCUT2D eigenvalue weighted by atomic mass is 10.3. The molecule has 20 heavy (non-hydrogen) atoms. The molecule has 0 saturated carbocycles. The summed E-state index contributed by atoms with van der Waals surface area (Å²) in [6.45, 7) is 3.60. The molecule has 1 fully saturated rings. The summed E-state index contributed by atoms with van der Waals surface area (Å²) in [5.74, 6) is 3.40. The SMILES string of the molecule is CC(=O)N1CCCN(c2nc(NN)c(F)cc2F)CC1. The Bertz CT molecular complexity index is 511. The number of amides is 1. The van der Waals surface area contributed by atoms with Gasteiger partial charge in [-0.25, -0.2) is 19.6 Å². The van der Waals surface area contributed by atoms with Crippen molar-refractivity contribution in [2.75, 3.05) is 36.5 Å². The Morgan fingerprint density at radius 1 is 1.30 bits per heavy atom. The number of aromatic nitrogens is 1. The second-order valence-electron chi connectivity index (χ2n) is 4.62. The quantitative estimate of drug-likeness (QED) is 0.618. The first-order valence-corrected chi connectivity index (χ1v) is 6.36. The van der Waals surface area contributed by atoms with E-state index in [2.05, 4.69) is 10.4 Å². The average molecular weight is 285 g/mol. The minimum absolute atomic E-state index is 0.0105. The third-order valence-electron chi connectivity index (χ3n) is 3.29. The molecular formula is C12H17F2N5O. The van der Waals surface area contributed by atoms with E-state index in [-0.39, 0.29) is 17.5 Å². The van der Waals surface area contributed by atoms with Crippen molar-refractivity contribution in [3.8, 4) is 0 Å². The summed E-state index contributed by atoms with van der Waals surface area (Å²) >= 11 is 0. The summed E-state index contributed by atoms with van der Waals surface area (Å²) in [5.41, 5.74) is 2.10. The molecule has 0 aliphatic carbocycles. The van der Waals surface area contributed by atoms with Crippen LogP contribution < -0.4 is 16.2 Å². The van der Waals surface area contributed by atoms with Crippen molar-refractivity contribution in [2.45, 2.75) is 13.3 Å². The fourth-order valence-electron chi connectivity index (χ4n) is 2.22. The van der Waals surface area contributed by atoms with Gasteiger partial charge < -0.3 is 15.2 Å². The number of hydrazine groups is 1. The van der Waals surface area contributed by atoms with Crippen LogP contribution in [0.3, 0.4) is 0 Å². The van der Waals surface area contributed by atoms with Crippen LogP contribution in [0.2, 0.25) is 0 Å². The van der Waals surface area contributed by atoms with Gasteiger partial charge >= 0.3 is 0 Å². The van der Waals surface area contributed by atoms with Crippen LogP contribution in [-0.4, -0.2) is 42.0 Å². The number of rotatable bonds is 2. The summed E-state index contributed by atoms with van der Waals surface area (Å²) in [5, 5.41) is 0. The van der Waals surface area contributed by atoms with Gasteiger partial charge in [0.2, 0.25) is 5.91 Å². The van der Waals surface area contributed by atoms with Crippen molar-refractivity contribution in [3.05, 3.63) is 17.7 Å². The summed E-state index contributed by atoms with van der Waals surface area (Å²) in [7, 11) is 0. The maximum atomic E-state index is 13.8. The summed E-state index contributed by atoms with van der Waals surface area (Å²) in [6, 6.07) is 0.755. The average Bonchev–Trinajstić information content (AvgIpc) is 2.65. The molecule has 1 aromatic heterocycles. The van der Waals surface area contributed by atoms with E-state index < -0.39 is 11.6 Å². The van der Waals surface area contributed by atoms with Gasteiger partial charge in [0.1, 0.15) is 0 Å². The number of nitrogens with two attached hydrogens (primary N) is 1. The van der Waals surface area contributed by atoms with E-state index in [9.17, 15) is 13.6 Å². The Morgan fingerprint density at radius 3 is 2.70 bits per heavy atom. The highest BCUT2D eigenvalue weighted by Crippen LogP contribution is 2.23. The van der Waals surface area contributed by atoms with Crippen molar-refractivity contribution < 1.29 is 13.6 Å². The van der Waals surface area contributed by atoms with Crippen LogP contribution in [0.1, 0.15) is 13.3 Å². The molecule has 0 unspecified atom stereocenters. The Labute approximate surface area is 115 Å². The number of hydrogen-bond donors (Lipinski definition) is 2. The molecule has 1 aromatic rings. The zero-order valence-electron chi connectivity index (χ0n) is 11.2. The summed E-state index contributed by atoms with van der Waals surface area (Å²) in [6.07, 6.45) is 0.698. The molecule has 2 rings (SSSR count). The van der Waals surface area contributed by atoms with E-state index in [0.717, 1.165) is 6.07 Å². The minimum Gasteiger partial charge on any atom is -0.352 e. The number of nitrogens with one attached hydrogen (secondary N) is 1. The number of hydrogen-bond acceptors (Lipinski definition) is 5. The van der Waals surface area contributed by atoms with E-state index in [4.69, 9.17) is 5.84 Å². The van der Waals surface area contributed by atoms with Crippen LogP contribution in [-0.2, 0) is 4.79 Å². The molecule has 2 heterocycles. The second kappa shape index (κ2) is 6.00. The van der Waals surface area contributed by atoms with Crippen molar-refractivity contribution in [2.24, 2.45) is 5.84 Å². The van der Waals surface area contributed by atoms with Gasteiger partial charge in [0, 0.05) is 39.2 Å². The predicted molar refractivity (Wildman–Crippen MR) is 71.0 cm³/mol. The highest BCUT2D eigenvalue weighted by molar-refractivity contribution is 5.73. The molecule has 1 aliphatic rings. The van der Waals surface area contributed by atoms with Gasteiger partial charge in [0.05, 0.1) is 0 Å². The van der Waals surface area contributed by atoms with Gasteiger partial charge in [-0.3, -0.25) is 4.79 Å². The fourth-order valence-corrected chi connectivity index (χ4v) is 2.22. The largest absolute Gasteiger partial charge is 0.352 e. The number of anilines is 2. The lowest BCUT2D eigenvalue weighted by molar-refractivity contribution is -0.128. The van der Waals surface area contributed by atoms with E-state index in [0.29, 0.717) is 32.6 Å². The zero-order valence-corrected chi connectivity index (χ0v) is 11.2. The van der Waals surface area contributed by atoms with Crippen LogP contribution in [0.15, 0.2) is 6.07 Å². The van der Waals surface area contributed by atoms with Gasteiger partial charge in [-0.15, -0.1) is 0 Å². The molecule has 3 N–H and O–H groups in total. The molecule has 1 saturated heterocycles. The van der Waals surface area contributed by atoms with Gasteiger partial charge in [0.15, 0.2) is 23.3 Å². The summed E-state index contributed by atoms with van der Waals surface area (Å²) in [4.78, 5) is 18.6. The molecule has 0 bridgehead atoms. The van der Waals surface area contributed by atoms with Crippen molar-refractivity contribution >= 4 is 17.5 Å². The molecule has 0 radical (unpaired) electrons. The van der Waals surface area contributed by atoms with Gasteiger partial charge in [-0.05, 0) is 6.42 Å². The van der Waals surface area contributed by atoms with Crippen LogP contribution >= 0.6 is 0 Å². The number of carbonyl (C=O) groups excluding carboxylic acids is 1. The Kier molecular flexibility index (Phi) is 4.33. The Morgan fingerprint density at radius 2 is 2.05 bits per heavy atom. The zero-order chi connectivity index (χ0) is 14.7. The number of nitrogens with zero attached hydrogens (tertiary/aromatic N) is 3. The highest BCUT2D eigenvalue weighted by Gasteiger charge is 2.21. The molecule has 0 aromatic carbocycles. The van der Waals surface area contributed by atoms with Crippen LogP contribution in [0, 0.1) is 11.6 Å². The van der Waals surface area contributed by atoms with Crippen molar-refractivity contribution in [3.63, 3.8) is 0 Å². The maximum Gasteiger partial charge on any atom is 0.219 e. The Hall–Kier alpha value is -1.96. The number of nitrogen functional groups attached to an aromatic ring is 1. The monoisotopic (exact) mass is 285 g/mol. The molecular weight excluding hydrogens is 268 g/mol. The number of pyridine rings is 1. The first kappa shape index (κ1) is 14.4. The van der Waals surface area contributed by atoms with Gasteiger partial charge in [-0.2, -0.15) is 0 Å². The number of halogens is 2. The lowest BCUT2D eigenvalue weighted by Crippen LogP contribution is -2.34. The Balaban J connectivity index is 2.21. The third kappa shape index (κ3) is 2.96. The van der Waals surface area contributed by atoms with E-state index in [1.165, 1.54) is 6.92 Å². The van der Waals surface area contributed by atoms with E-state index in [1.54, 1.807) is 9.80 Å². The van der Waals surface area contributed by atoms with Gasteiger partial charge in [0.25, 0.3) is 0 Å². The molecule has 1 aliphatic heterocycles. The van der Waals surface area contributed by atoms with Crippen LogP contribution in [0.4, 0.5) is 20.4 Å². The molecule has 110 valence electrons. The van der Waals surface area contributed by atoms with Gasteiger partial charge in [-0.1, -0.05) is 0 Å². The van der Waals surface area contributed by atoms with Crippen LogP contribution in [0.5, 0.6) is 0 Å². The highest BCUT2D eigenvalue weighted by atomic mass is 19.1. The van der Waals surface area contributed by atoms with Crippen molar-refractivity contribution in [1.29, 1.82) is 0 Å². The second-order valence-corrected chi connectivity index (χ2v) is 4.62. The normalized spacial score (nSPS) is 16.0. The molecule has 6 nitrogen and oxygen atoms in total. The lowest BCUT2D eigenvalue weighted by Gasteiger charge is -2.23. The molecule has 0 atom stereocenters. The van der Waals surface area contributed by atoms with Crippen molar-refractivity contribution in [1.82, 2.24) is 9.88 Å². The first-order chi connectivity index (χ1) is 9.52. The smallest absolute Gasteiger partial charge is 0.219 e.